The van der Waals surface area contributed by atoms with Gasteiger partial charge in [-0.25, -0.2) is 4.79 Å². The second-order valence-electron chi connectivity index (χ2n) is 7.98. The number of aryl methyl sites for hydroxylation is 1. The summed E-state index contributed by atoms with van der Waals surface area (Å²) in [6.45, 7) is 11.1. The van der Waals surface area contributed by atoms with E-state index in [9.17, 15) is 9.59 Å². The van der Waals surface area contributed by atoms with Crippen molar-refractivity contribution >= 4 is 17.6 Å². The molecule has 1 saturated heterocycles. The number of amides is 1. The van der Waals surface area contributed by atoms with Crippen molar-refractivity contribution in [2.45, 2.75) is 27.2 Å². The first-order valence-corrected chi connectivity index (χ1v) is 11.2. The lowest BCUT2D eigenvalue weighted by molar-refractivity contribution is 0.0519. The molecule has 1 fully saturated rings. The molecule has 0 radical (unpaired) electrons. The number of H-pyrrole nitrogens is 1. The van der Waals surface area contributed by atoms with Crippen molar-refractivity contribution in [1.82, 2.24) is 15.2 Å². The molecule has 0 atom stereocenters. The van der Waals surface area contributed by atoms with E-state index in [0.717, 1.165) is 44.9 Å². The van der Waals surface area contributed by atoms with Gasteiger partial charge in [0, 0.05) is 44.1 Å². The van der Waals surface area contributed by atoms with Gasteiger partial charge in [0.05, 0.1) is 19.3 Å². The summed E-state index contributed by atoms with van der Waals surface area (Å²) in [7, 11) is 1.68. The maximum atomic E-state index is 12.7. The van der Waals surface area contributed by atoms with E-state index in [0.29, 0.717) is 35.7 Å². The maximum absolute atomic E-state index is 12.7. The predicted octanol–water partition coefficient (Wildman–Crippen LogP) is 2.76. The number of hydrogen-bond acceptors (Lipinski definition) is 6. The lowest BCUT2D eigenvalue weighted by atomic mass is 10.1. The van der Waals surface area contributed by atoms with Crippen LogP contribution in [0.1, 0.15) is 45.4 Å². The monoisotopic (exact) mass is 442 g/mol. The normalized spacial score (nSPS) is 14.3. The average Bonchev–Trinajstić information content (AvgIpc) is 3.11. The highest BCUT2D eigenvalue weighted by Gasteiger charge is 2.22. The Morgan fingerprint density at radius 3 is 2.41 bits per heavy atom. The summed E-state index contributed by atoms with van der Waals surface area (Å²) in [5.41, 5.74) is 3.41. The highest BCUT2D eigenvalue weighted by atomic mass is 16.5. The van der Waals surface area contributed by atoms with Gasteiger partial charge in [0.1, 0.15) is 11.4 Å². The molecular weight excluding hydrogens is 408 g/mol. The predicted molar refractivity (Wildman–Crippen MR) is 125 cm³/mol. The molecule has 2 N–H and O–H groups in total. The van der Waals surface area contributed by atoms with E-state index in [4.69, 9.17) is 9.47 Å². The Labute approximate surface area is 189 Å². The first-order valence-electron chi connectivity index (χ1n) is 11.2. The molecule has 0 aliphatic carbocycles. The Hall–Kier alpha value is -3.00. The summed E-state index contributed by atoms with van der Waals surface area (Å²) in [5, 5.41) is 2.99. The number of anilines is 1. The van der Waals surface area contributed by atoms with Crippen LogP contribution in [0.5, 0.6) is 5.75 Å². The number of nitrogens with one attached hydrogen (secondary N) is 2. The molecule has 0 spiro atoms. The van der Waals surface area contributed by atoms with Gasteiger partial charge in [-0.05, 0) is 63.6 Å². The van der Waals surface area contributed by atoms with Crippen LogP contribution in [0.25, 0.3) is 0 Å². The number of methoxy groups -OCH3 is 1. The molecule has 2 aromatic rings. The van der Waals surface area contributed by atoms with Crippen LogP contribution in [0, 0.1) is 13.8 Å². The third kappa shape index (κ3) is 5.62. The Kier molecular flexibility index (Phi) is 8.16. The first-order chi connectivity index (χ1) is 15.4. The van der Waals surface area contributed by atoms with Gasteiger partial charge in [0.2, 0.25) is 0 Å². The van der Waals surface area contributed by atoms with Crippen molar-refractivity contribution in [3.8, 4) is 5.75 Å². The van der Waals surface area contributed by atoms with Gasteiger partial charge in [-0.2, -0.15) is 0 Å². The highest BCUT2D eigenvalue weighted by Crippen LogP contribution is 2.21. The lowest BCUT2D eigenvalue weighted by Crippen LogP contribution is -2.47. The van der Waals surface area contributed by atoms with Gasteiger partial charge in [-0.3, -0.25) is 9.69 Å². The number of piperazine rings is 1. The van der Waals surface area contributed by atoms with Gasteiger partial charge in [-0.15, -0.1) is 0 Å². The number of nitrogens with zero attached hydrogens (tertiary/aromatic N) is 2. The largest absolute Gasteiger partial charge is 0.497 e. The number of benzene rings is 1. The zero-order valence-electron chi connectivity index (χ0n) is 19.5. The number of carbonyl (C=O) groups is 2. The standard InChI is InChI=1S/C24H34N4O4/c1-5-32-24(30)22-17(2)21(18(3)26-22)23(29)25-11-6-12-27-13-15-28(16-14-27)19-7-9-20(31-4)10-8-19/h7-10,26H,5-6,11-16H2,1-4H3,(H,25,29). The van der Waals surface area contributed by atoms with Crippen molar-refractivity contribution in [2.75, 3.05) is 57.9 Å². The lowest BCUT2D eigenvalue weighted by Gasteiger charge is -2.36. The average molecular weight is 443 g/mol. The van der Waals surface area contributed by atoms with Gasteiger partial charge in [0.25, 0.3) is 5.91 Å². The number of hydrogen-bond donors (Lipinski definition) is 2. The zero-order valence-corrected chi connectivity index (χ0v) is 19.5. The van der Waals surface area contributed by atoms with Gasteiger partial charge in [-0.1, -0.05) is 0 Å². The summed E-state index contributed by atoms with van der Waals surface area (Å²) in [4.78, 5) is 32.5. The number of ether oxygens (including phenoxy) is 2. The van der Waals surface area contributed by atoms with E-state index in [2.05, 4.69) is 32.2 Å². The molecule has 1 aliphatic rings. The fraction of sp³-hybridized carbons (Fsp3) is 0.500. The molecule has 1 aromatic heterocycles. The molecule has 0 bridgehead atoms. The van der Waals surface area contributed by atoms with Crippen LogP contribution in [0.4, 0.5) is 5.69 Å². The van der Waals surface area contributed by atoms with Crippen molar-refractivity contribution in [3.05, 3.63) is 46.8 Å². The van der Waals surface area contributed by atoms with Crippen molar-refractivity contribution < 1.29 is 19.1 Å². The number of rotatable bonds is 9. The Morgan fingerprint density at radius 1 is 1.09 bits per heavy atom. The number of carbonyl (C=O) groups excluding carboxylic acids is 2. The van der Waals surface area contributed by atoms with Crippen molar-refractivity contribution in [1.29, 1.82) is 0 Å². The second-order valence-corrected chi connectivity index (χ2v) is 7.98. The minimum absolute atomic E-state index is 0.156. The van der Waals surface area contributed by atoms with Gasteiger partial charge in [0.15, 0.2) is 0 Å². The Morgan fingerprint density at radius 2 is 1.78 bits per heavy atom. The fourth-order valence-electron chi connectivity index (χ4n) is 4.11. The number of esters is 1. The Balaban J connectivity index is 1.41. The molecule has 2 heterocycles. The minimum Gasteiger partial charge on any atom is -0.497 e. The topological polar surface area (TPSA) is 86.9 Å². The van der Waals surface area contributed by atoms with E-state index in [1.54, 1.807) is 27.9 Å². The molecule has 1 aromatic carbocycles. The summed E-state index contributed by atoms with van der Waals surface area (Å²) in [6.07, 6.45) is 0.877. The van der Waals surface area contributed by atoms with Crippen molar-refractivity contribution in [2.24, 2.45) is 0 Å². The molecular formula is C24H34N4O4. The quantitative estimate of drug-likeness (QED) is 0.459. The SMILES string of the molecule is CCOC(=O)c1[nH]c(C)c(C(=O)NCCCN2CCN(c3ccc(OC)cc3)CC2)c1C. The molecule has 3 rings (SSSR count). The number of aromatic amines is 1. The summed E-state index contributed by atoms with van der Waals surface area (Å²) >= 11 is 0. The van der Waals surface area contributed by atoms with Crippen molar-refractivity contribution in [3.63, 3.8) is 0 Å². The van der Waals surface area contributed by atoms with Gasteiger partial charge < -0.3 is 24.7 Å². The van der Waals surface area contributed by atoms with Gasteiger partial charge >= 0.3 is 5.97 Å². The van der Waals surface area contributed by atoms with E-state index >= 15 is 0 Å². The summed E-state index contributed by atoms with van der Waals surface area (Å²) < 4.78 is 10.3. The molecule has 8 nitrogen and oxygen atoms in total. The van der Waals surface area contributed by atoms with Crippen LogP contribution in [-0.4, -0.2) is 74.7 Å². The molecule has 1 amide bonds. The fourth-order valence-corrected chi connectivity index (χ4v) is 4.11. The van der Waals surface area contributed by atoms with Crippen LogP contribution in [0.15, 0.2) is 24.3 Å². The molecule has 32 heavy (non-hydrogen) atoms. The first kappa shape index (κ1) is 23.7. The van der Waals surface area contributed by atoms with Crippen LogP contribution in [0.3, 0.4) is 0 Å². The van der Waals surface area contributed by atoms with E-state index in [1.165, 1.54) is 5.69 Å². The second kappa shape index (κ2) is 11.0. The maximum Gasteiger partial charge on any atom is 0.355 e. The number of aromatic nitrogens is 1. The van der Waals surface area contributed by atoms with Crippen LogP contribution in [0.2, 0.25) is 0 Å². The van der Waals surface area contributed by atoms with E-state index < -0.39 is 5.97 Å². The highest BCUT2D eigenvalue weighted by molar-refractivity contribution is 6.01. The molecule has 174 valence electrons. The zero-order chi connectivity index (χ0) is 23.1. The van der Waals surface area contributed by atoms with E-state index in [-0.39, 0.29) is 5.91 Å². The Bertz CT molecular complexity index is 915. The van der Waals surface area contributed by atoms with Crippen LogP contribution in [-0.2, 0) is 4.74 Å². The van der Waals surface area contributed by atoms with Crippen LogP contribution < -0.4 is 15.0 Å². The smallest absolute Gasteiger partial charge is 0.355 e. The molecule has 8 heteroatoms. The molecule has 1 aliphatic heterocycles. The third-order valence-corrected chi connectivity index (χ3v) is 5.89. The summed E-state index contributed by atoms with van der Waals surface area (Å²) in [6, 6.07) is 8.19. The molecule has 0 saturated carbocycles. The third-order valence-electron chi connectivity index (χ3n) is 5.89. The van der Waals surface area contributed by atoms with E-state index in [1.807, 2.05) is 12.1 Å². The summed E-state index contributed by atoms with van der Waals surface area (Å²) in [5.74, 6) is 0.286. The minimum atomic E-state index is -0.430. The van der Waals surface area contributed by atoms with Crippen LogP contribution >= 0.6 is 0 Å². The molecule has 0 unspecified atom stereocenters.